The molecule has 0 aliphatic carbocycles. The van der Waals surface area contributed by atoms with Gasteiger partial charge in [0.25, 0.3) is 0 Å². The third-order valence-electron chi connectivity index (χ3n) is 2.91. The third-order valence-corrected chi connectivity index (χ3v) is 2.91. The fraction of sp³-hybridized carbons (Fsp3) is 0. The summed E-state index contributed by atoms with van der Waals surface area (Å²) in [6, 6.07) is 13.7. The number of hydrogen-bond donors (Lipinski definition) is 1. The molecule has 0 bridgehead atoms. The largest absolute Gasteiger partial charge is 0.323 e. The van der Waals surface area contributed by atoms with Crippen molar-refractivity contribution in [1.82, 2.24) is 14.8 Å². The number of nitrogens with two attached hydrogens (primary N) is 1. The van der Waals surface area contributed by atoms with Gasteiger partial charge in [-0.2, -0.15) is 10.2 Å². The Morgan fingerprint density at radius 1 is 1.10 bits per heavy atom. The number of aromatic nitrogens is 3. The molecule has 0 radical (unpaired) electrons. The van der Waals surface area contributed by atoms with Crippen LogP contribution in [0.2, 0.25) is 0 Å². The first kappa shape index (κ1) is 12.1. The molecule has 20 heavy (non-hydrogen) atoms. The van der Waals surface area contributed by atoms with Crippen molar-refractivity contribution in [3.05, 3.63) is 66.6 Å². The highest BCUT2D eigenvalue weighted by molar-refractivity contribution is 5.88. The molecular formula is C15H13N5. The van der Waals surface area contributed by atoms with E-state index in [1.165, 1.54) is 0 Å². The lowest BCUT2D eigenvalue weighted by molar-refractivity contribution is 0.884. The highest BCUT2D eigenvalue weighted by atomic mass is 15.3. The van der Waals surface area contributed by atoms with Crippen LogP contribution >= 0.6 is 0 Å². The zero-order valence-electron chi connectivity index (χ0n) is 10.7. The third kappa shape index (κ3) is 2.29. The van der Waals surface area contributed by atoms with E-state index in [0.717, 1.165) is 22.5 Å². The van der Waals surface area contributed by atoms with Crippen LogP contribution in [0.1, 0.15) is 5.56 Å². The Morgan fingerprint density at radius 2 is 1.95 bits per heavy atom. The lowest BCUT2D eigenvalue weighted by Gasteiger charge is -1.99. The van der Waals surface area contributed by atoms with Crippen molar-refractivity contribution in [3.63, 3.8) is 0 Å². The highest BCUT2D eigenvalue weighted by Gasteiger charge is 2.10. The summed E-state index contributed by atoms with van der Waals surface area (Å²) in [7, 11) is 0. The second-order valence-electron chi connectivity index (χ2n) is 4.23. The minimum absolute atomic E-state index is 0.802. The molecule has 2 heterocycles. The summed E-state index contributed by atoms with van der Waals surface area (Å²) in [4.78, 5) is 4.12. The zero-order chi connectivity index (χ0) is 13.8. The monoisotopic (exact) mass is 263 g/mol. The molecule has 0 amide bonds. The van der Waals surface area contributed by atoms with Crippen molar-refractivity contribution in [2.24, 2.45) is 10.9 Å². The fourth-order valence-corrected chi connectivity index (χ4v) is 2.00. The van der Waals surface area contributed by atoms with Crippen LogP contribution in [-0.4, -0.2) is 21.0 Å². The van der Waals surface area contributed by atoms with Crippen LogP contribution in [0.4, 0.5) is 0 Å². The van der Waals surface area contributed by atoms with E-state index in [0.29, 0.717) is 0 Å². The molecule has 98 valence electrons. The Labute approximate surface area is 116 Å². The SMILES string of the molecule is N/N=C\c1cn(-c2ccccc2)nc1-c1cccnc1. The van der Waals surface area contributed by atoms with E-state index in [-0.39, 0.29) is 0 Å². The average molecular weight is 263 g/mol. The molecule has 0 spiro atoms. The molecule has 1 aromatic carbocycles. The Balaban J connectivity index is 2.13. The maximum atomic E-state index is 5.27. The zero-order valence-corrected chi connectivity index (χ0v) is 10.7. The average Bonchev–Trinajstić information content (AvgIpc) is 2.94. The van der Waals surface area contributed by atoms with Crippen molar-refractivity contribution >= 4 is 6.21 Å². The lowest BCUT2D eigenvalue weighted by atomic mass is 10.1. The van der Waals surface area contributed by atoms with E-state index >= 15 is 0 Å². The predicted molar refractivity (Wildman–Crippen MR) is 78.6 cm³/mol. The first-order chi connectivity index (χ1) is 9.88. The molecule has 0 saturated heterocycles. The molecular weight excluding hydrogens is 250 g/mol. The number of pyridine rings is 1. The van der Waals surface area contributed by atoms with Gasteiger partial charge in [0.2, 0.25) is 0 Å². The van der Waals surface area contributed by atoms with Gasteiger partial charge in [-0.1, -0.05) is 18.2 Å². The molecule has 2 N–H and O–H groups in total. The number of hydrogen-bond acceptors (Lipinski definition) is 4. The summed E-state index contributed by atoms with van der Waals surface area (Å²) in [5.41, 5.74) is 3.56. The van der Waals surface area contributed by atoms with Gasteiger partial charge in [-0.15, -0.1) is 0 Å². The molecule has 5 heteroatoms. The minimum Gasteiger partial charge on any atom is -0.323 e. The second-order valence-corrected chi connectivity index (χ2v) is 4.23. The first-order valence-corrected chi connectivity index (χ1v) is 6.17. The summed E-state index contributed by atoms with van der Waals surface area (Å²) in [6.07, 6.45) is 6.99. The molecule has 0 unspecified atom stereocenters. The minimum atomic E-state index is 0.802. The molecule has 0 aliphatic heterocycles. The van der Waals surface area contributed by atoms with Gasteiger partial charge < -0.3 is 5.84 Å². The Bertz CT molecular complexity index is 717. The number of hydrazone groups is 1. The summed E-state index contributed by atoms with van der Waals surface area (Å²) >= 11 is 0. The number of benzene rings is 1. The van der Waals surface area contributed by atoms with E-state index in [1.807, 2.05) is 48.7 Å². The van der Waals surface area contributed by atoms with E-state index in [4.69, 9.17) is 5.84 Å². The van der Waals surface area contributed by atoms with E-state index in [9.17, 15) is 0 Å². The van der Waals surface area contributed by atoms with Crippen LogP contribution in [-0.2, 0) is 0 Å². The van der Waals surface area contributed by atoms with Gasteiger partial charge in [0.15, 0.2) is 0 Å². The van der Waals surface area contributed by atoms with Gasteiger partial charge >= 0.3 is 0 Å². The van der Waals surface area contributed by atoms with Crippen LogP contribution < -0.4 is 5.84 Å². The number of para-hydroxylation sites is 1. The van der Waals surface area contributed by atoms with Gasteiger partial charge in [0.05, 0.1) is 11.9 Å². The smallest absolute Gasteiger partial charge is 0.103 e. The standard InChI is InChI=1S/C15H13N5/c16-18-10-13-11-20(14-6-2-1-3-7-14)19-15(13)12-5-4-8-17-9-12/h1-11H,16H2/b18-10-. The Kier molecular flexibility index (Phi) is 3.24. The van der Waals surface area contributed by atoms with E-state index < -0.39 is 0 Å². The van der Waals surface area contributed by atoms with E-state index in [2.05, 4.69) is 15.2 Å². The van der Waals surface area contributed by atoms with Crippen LogP contribution in [0, 0.1) is 0 Å². The fourth-order valence-electron chi connectivity index (χ4n) is 2.00. The summed E-state index contributed by atoms with van der Waals surface area (Å²) in [6.45, 7) is 0. The van der Waals surface area contributed by atoms with Crippen molar-refractivity contribution in [2.75, 3.05) is 0 Å². The quantitative estimate of drug-likeness (QED) is 0.447. The highest BCUT2D eigenvalue weighted by Crippen LogP contribution is 2.21. The van der Waals surface area contributed by atoms with E-state index in [1.54, 1.807) is 23.3 Å². The molecule has 5 nitrogen and oxygen atoms in total. The Morgan fingerprint density at radius 3 is 2.65 bits per heavy atom. The second kappa shape index (κ2) is 5.36. The lowest BCUT2D eigenvalue weighted by Crippen LogP contribution is -1.94. The van der Waals surface area contributed by atoms with Crippen molar-refractivity contribution < 1.29 is 0 Å². The Hall–Kier alpha value is -2.95. The number of nitrogens with zero attached hydrogens (tertiary/aromatic N) is 4. The summed E-state index contributed by atoms with van der Waals surface area (Å²) < 4.78 is 1.80. The van der Waals surface area contributed by atoms with Crippen LogP contribution in [0.15, 0.2) is 66.2 Å². The molecule has 3 aromatic rings. The molecule has 2 aromatic heterocycles. The molecule has 0 atom stereocenters. The van der Waals surface area contributed by atoms with Crippen LogP contribution in [0.3, 0.4) is 0 Å². The molecule has 3 rings (SSSR count). The predicted octanol–water partition coefficient (Wildman–Crippen LogP) is 2.23. The maximum Gasteiger partial charge on any atom is 0.103 e. The summed E-state index contributed by atoms with van der Waals surface area (Å²) in [5.74, 6) is 5.27. The van der Waals surface area contributed by atoms with Crippen molar-refractivity contribution in [1.29, 1.82) is 0 Å². The van der Waals surface area contributed by atoms with Gasteiger partial charge in [0, 0.05) is 29.7 Å². The van der Waals surface area contributed by atoms with Crippen molar-refractivity contribution in [3.8, 4) is 16.9 Å². The van der Waals surface area contributed by atoms with Gasteiger partial charge in [-0.25, -0.2) is 4.68 Å². The summed E-state index contributed by atoms with van der Waals surface area (Å²) in [5, 5.41) is 8.20. The van der Waals surface area contributed by atoms with Gasteiger partial charge in [-0.05, 0) is 24.3 Å². The molecule has 0 saturated carbocycles. The normalized spacial score (nSPS) is 11.0. The van der Waals surface area contributed by atoms with Crippen LogP contribution in [0.5, 0.6) is 0 Å². The van der Waals surface area contributed by atoms with Gasteiger partial charge in [-0.3, -0.25) is 4.98 Å². The maximum absolute atomic E-state index is 5.27. The number of rotatable bonds is 3. The van der Waals surface area contributed by atoms with Crippen LogP contribution in [0.25, 0.3) is 16.9 Å². The molecule has 0 aliphatic rings. The van der Waals surface area contributed by atoms with Gasteiger partial charge in [0.1, 0.15) is 5.69 Å². The first-order valence-electron chi connectivity index (χ1n) is 6.17. The topological polar surface area (TPSA) is 69.1 Å². The van der Waals surface area contributed by atoms with Crippen molar-refractivity contribution in [2.45, 2.75) is 0 Å². The molecule has 0 fully saturated rings.